The van der Waals surface area contributed by atoms with Crippen LogP contribution in [0.15, 0.2) is 53.4 Å². The van der Waals surface area contributed by atoms with Crippen molar-refractivity contribution in [1.29, 1.82) is 0 Å². The lowest BCUT2D eigenvalue weighted by molar-refractivity contribution is -0.161. The van der Waals surface area contributed by atoms with E-state index in [2.05, 4.69) is 0 Å². The number of hydrogen-bond donors (Lipinski definition) is 2. The Kier molecular flexibility index (Phi) is 6.40. The molecule has 2 aromatic rings. The Morgan fingerprint density at radius 2 is 1.78 bits per heavy atom. The fourth-order valence-electron chi connectivity index (χ4n) is 2.24. The molecule has 9 heteroatoms. The normalized spacial score (nSPS) is 12.2. The molecule has 2 aromatic carbocycles. The predicted molar refractivity (Wildman–Crippen MR) is 94.4 cm³/mol. The van der Waals surface area contributed by atoms with Gasteiger partial charge < -0.3 is 19.7 Å². The molecule has 144 valence electrons. The van der Waals surface area contributed by atoms with Gasteiger partial charge in [0.05, 0.1) is 10.6 Å². The van der Waals surface area contributed by atoms with Gasteiger partial charge in [0.1, 0.15) is 17.1 Å². The highest BCUT2D eigenvalue weighted by Gasteiger charge is 2.22. The van der Waals surface area contributed by atoms with Crippen LogP contribution in [-0.4, -0.2) is 42.6 Å². The van der Waals surface area contributed by atoms with Crippen molar-refractivity contribution in [2.45, 2.75) is 24.5 Å². The zero-order valence-corrected chi connectivity index (χ0v) is 15.2. The molecule has 8 nitrogen and oxygen atoms in total. The number of aromatic carboxylic acids is 1. The van der Waals surface area contributed by atoms with Crippen molar-refractivity contribution in [3.63, 3.8) is 0 Å². The Hall–Kier alpha value is -3.07. The van der Waals surface area contributed by atoms with Crippen LogP contribution in [0, 0.1) is 0 Å². The van der Waals surface area contributed by atoms with Crippen LogP contribution in [-0.2, 0) is 19.4 Å². The smallest absolute Gasteiger partial charge is 0.339 e. The van der Waals surface area contributed by atoms with Crippen LogP contribution >= 0.6 is 0 Å². The van der Waals surface area contributed by atoms with Gasteiger partial charge in [-0.2, -0.15) is 0 Å². The highest BCUT2D eigenvalue weighted by molar-refractivity contribution is 7.91. The molecule has 0 spiro atoms. The van der Waals surface area contributed by atoms with E-state index in [0.717, 1.165) is 19.1 Å². The second kappa shape index (κ2) is 8.54. The highest BCUT2D eigenvalue weighted by Crippen LogP contribution is 2.25. The van der Waals surface area contributed by atoms with Crippen molar-refractivity contribution in [2.75, 3.05) is 5.75 Å². The van der Waals surface area contributed by atoms with Crippen molar-refractivity contribution in [2.24, 2.45) is 0 Å². The molecule has 0 aliphatic carbocycles. The third-order valence-corrected chi connectivity index (χ3v) is 5.25. The van der Waals surface area contributed by atoms with E-state index in [0.29, 0.717) is 0 Å². The Morgan fingerprint density at radius 3 is 2.37 bits per heavy atom. The van der Waals surface area contributed by atoms with Gasteiger partial charge in [-0.1, -0.05) is 18.2 Å². The monoisotopic (exact) mass is 394 g/mol. The van der Waals surface area contributed by atoms with Crippen molar-refractivity contribution in [1.82, 2.24) is 0 Å². The van der Waals surface area contributed by atoms with Crippen molar-refractivity contribution < 1.29 is 37.7 Å². The summed E-state index contributed by atoms with van der Waals surface area (Å²) in [6.45, 7) is 1.14. The molecule has 0 saturated carbocycles. The number of ether oxygens (including phenoxy) is 2. The summed E-state index contributed by atoms with van der Waals surface area (Å²) in [6, 6.07) is 11.2. The number of sulfone groups is 1. The predicted octanol–water partition coefficient (Wildman–Crippen LogP) is 2.22. The zero-order chi connectivity index (χ0) is 20.0. The molecule has 0 aromatic heterocycles. The van der Waals surface area contributed by atoms with Crippen LogP contribution in [0.5, 0.6) is 11.5 Å². The second-order valence-electron chi connectivity index (χ2n) is 5.56. The molecule has 27 heavy (non-hydrogen) atoms. The number of carbonyl (C=O) groups excluding carboxylic acids is 1. The largest absolute Gasteiger partial charge is 0.507 e. The molecular formula is C18H18O8S. The fraction of sp³-hybridized carbons (Fsp3) is 0.222. The minimum absolute atomic E-state index is 0.00793. The van der Waals surface area contributed by atoms with Crippen molar-refractivity contribution >= 4 is 21.8 Å². The van der Waals surface area contributed by atoms with Crippen LogP contribution in [0.25, 0.3) is 0 Å². The second-order valence-corrected chi connectivity index (χ2v) is 7.67. The average Bonchev–Trinajstić information content (AvgIpc) is 2.61. The van der Waals surface area contributed by atoms with Gasteiger partial charge >= 0.3 is 11.9 Å². The zero-order valence-electron chi connectivity index (χ0n) is 14.4. The van der Waals surface area contributed by atoms with E-state index in [1.54, 1.807) is 18.2 Å². The number of carboxylic acid groups (broad SMARTS) is 1. The summed E-state index contributed by atoms with van der Waals surface area (Å²) < 4.78 is 35.1. The third kappa shape index (κ3) is 5.71. The number of benzene rings is 2. The van der Waals surface area contributed by atoms with Crippen LogP contribution in [0.3, 0.4) is 0 Å². The molecule has 0 amide bonds. The molecule has 0 radical (unpaired) electrons. The number of phenols is 1. The first-order chi connectivity index (χ1) is 12.7. The van der Waals surface area contributed by atoms with Crippen LogP contribution in [0.2, 0.25) is 0 Å². The number of rotatable bonds is 8. The molecule has 1 unspecified atom stereocenters. The standard InChI is InChI=1S/C18H18O8S/c1-12(19)25-17(9-10-27(23,24)14-5-3-2-4-6-14)26-13-7-8-16(20)15(11-13)18(21)22/h2-8,11,17,20H,9-10H2,1H3,(H,21,22). The van der Waals surface area contributed by atoms with Crippen molar-refractivity contribution in [3.05, 3.63) is 54.1 Å². The maximum atomic E-state index is 12.4. The SMILES string of the molecule is CC(=O)OC(CCS(=O)(=O)c1ccccc1)Oc1ccc(O)c(C(=O)O)c1. The summed E-state index contributed by atoms with van der Waals surface area (Å²) in [5.41, 5.74) is -0.397. The maximum Gasteiger partial charge on any atom is 0.339 e. The van der Waals surface area contributed by atoms with E-state index in [4.69, 9.17) is 14.6 Å². The molecular weight excluding hydrogens is 376 g/mol. The quantitative estimate of drug-likeness (QED) is 0.515. The van der Waals surface area contributed by atoms with Gasteiger partial charge in [-0.25, -0.2) is 13.2 Å². The van der Waals surface area contributed by atoms with Crippen LogP contribution in [0.4, 0.5) is 0 Å². The summed E-state index contributed by atoms with van der Waals surface area (Å²) in [7, 11) is -3.62. The van der Waals surface area contributed by atoms with E-state index in [9.17, 15) is 23.1 Å². The van der Waals surface area contributed by atoms with E-state index >= 15 is 0 Å². The Balaban J connectivity index is 2.15. The van der Waals surface area contributed by atoms with E-state index in [1.165, 1.54) is 18.2 Å². The summed E-state index contributed by atoms with van der Waals surface area (Å²) >= 11 is 0. The molecule has 0 heterocycles. The average molecular weight is 394 g/mol. The van der Waals surface area contributed by atoms with Crippen LogP contribution < -0.4 is 4.74 Å². The Bertz CT molecular complexity index is 922. The number of esters is 1. The molecule has 2 rings (SSSR count). The number of carbonyl (C=O) groups is 2. The summed E-state index contributed by atoms with van der Waals surface area (Å²) in [5, 5.41) is 18.5. The molecule has 2 N–H and O–H groups in total. The molecule has 0 fully saturated rings. The van der Waals surface area contributed by atoms with Gasteiger partial charge in [-0.3, -0.25) is 4.79 Å². The first-order valence-corrected chi connectivity index (χ1v) is 9.52. The number of hydrogen-bond acceptors (Lipinski definition) is 7. The lowest BCUT2D eigenvalue weighted by Crippen LogP contribution is -2.26. The van der Waals surface area contributed by atoms with Gasteiger partial charge in [0.2, 0.25) is 6.29 Å². The first-order valence-electron chi connectivity index (χ1n) is 7.87. The van der Waals surface area contributed by atoms with Crippen molar-refractivity contribution in [3.8, 4) is 11.5 Å². The minimum atomic E-state index is -3.62. The van der Waals surface area contributed by atoms with Crippen LogP contribution in [0.1, 0.15) is 23.7 Å². The first kappa shape index (κ1) is 20.2. The molecule has 0 saturated heterocycles. The van der Waals surface area contributed by atoms with Gasteiger partial charge in [-0.05, 0) is 30.3 Å². The van der Waals surface area contributed by atoms with E-state index in [-0.39, 0.29) is 22.8 Å². The number of carboxylic acids is 1. The van der Waals surface area contributed by atoms with Gasteiger partial charge in [-0.15, -0.1) is 0 Å². The number of aromatic hydroxyl groups is 1. The molecule has 0 aliphatic rings. The van der Waals surface area contributed by atoms with Gasteiger partial charge in [0.25, 0.3) is 0 Å². The maximum absolute atomic E-state index is 12.4. The summed E-state index contributed by atoms with van der Waals surface area (Å²) in [5.74, 6) is -2.85. The van der Waals surface area contributed by atoms with Gasteiger partial charge in [0, 0.05) is 13.3 Å². The molecule has 0 aliphatic heterocycles. The Morgan fingerprint density at radius 1 is 1.11 bits per heavy atom. The third-order valence-electron chi connectivity index (χ3n) is 3.49. The topological polar surface area (TPSA) is 127 Å². The lowest BCUT2D eigenvalue weighted by atomic mass is 10.2. The summed E-state index contributed by atoms with van der Waals surface area (Å²) in [6.07, 6.45) is -1.41. The fourth-order valence-corrected chi connectivity index (χ4v) is 3.55. The van der Waals surface area contributed by atoms with Gasteiger partial charge in [0.15, 0.2) is 9.84 Å². The molecule has 0 bridgehead atoms. The molecule has 1 atom stereocenters. The lowest BCUT2D eigenvalue weighted by Gasteiger charge is -2.19. The minimum Gasteiger partial charge on any atom is -0.507 e. The Labute approximate surface area is 155 Å². The highest BCUT2D eigenvalue weighted by atomic mass is 32.2. The van der Waals surface area contributed by atoms with E-state index < -0.39 is 39.4 Å². The summed E-state index contributed by atoms with van der Waals surface area (Å²) in [4.78, 5) is 22.5. The van der Waals surface area contributed by atoms with E-state index in [1.807, 2.05) is 0 Å².